The largest absolute Gasteiger partial charge is 0.304 e. The summed E-state index contributed by atoms with van der Waals surface area (Å²) in [5, 5.41) is 0. The van der Waals surface area contributed by atoms with Crippen LogP contribution in [0.25, 0.3) is 0 Å². The van der Waals surface area contributed by atoms with Gasteiger partial charge in [0.05, 0.1) is 0 Å². The maximum Gasteiger partial charge on any atom is 0.0172 e. The molecule has 1 nitrogen and oxygen atoms in total. The Bertz CT molecular complexity index is 94.9. The highest BCUT2D eigenvalue weighted by atomic mass is 79.9. The maximum absolute atomic E-state index is 3.63. The molecule has 2 heteroatoms. The van der Waals surface area contributed by atoms with Crippen LogP contribution in [0.15, 0.2) is 0 Å². The summed E-state index contributed by atoms with van der Waals surface area (Å²) in [7, 11) is 2.20. The van der Waals surface area contributed by atoms with Crippen LogP contribution in [-0.4, -0.2) is 29.4 Å². The van der Waals surface area contributed by atoms with Gasteiger partial charge in [0, 0.05) is 10.9 Å². The molecule has 2 unspecified atom stereocenters. The number of hydrogen-bond acceptors (Lipinski definition) is 1. The van der Waals surface area contributed by atoms with Crippen LogP contribution in [0.2, 0.25) is 0 Å². The van der Waals surface area contributed by atoms with E-state index in [1.54, 1.807) is 0 Å². The van der Waals surface area contributed by atoms with Gasteiger partial charge in [-0.1, -0.05) is 15.9 Å². The summed E-state index contributed by atoms with van der Waals surface area (Å²) in [6.07, 6.45) is 2.61. The molecule has 9 heavy (non-hydrogen) atoms. The molecule has 0 aliphatic carbocycles. The molecule has 2 atom stereocenters. The molecule has 1 fully saturated rings. The van der Waals surface area contributed by atoms with Crippen LogP contribution < -0.4 is 0 Å². The zero-order valence-corrected chi connectivity index (χ0v) is 7.69. The first kappa shape index (κ1) is 7.55. The number of rotatable bonds is 0. The highest BCUT2D eigenvalue weighted by molar-refractivity contribution is 9.09. The lowest BCUT2D eigenvalue weighted by atomic mass is 10.1. The molecule has 0 radical (unpaired) electrons. The lowest BCUT2D eigenvalue weighted by Gasteiger charge is -2.32. The smallest absolute Gasteiger partial charge is 0.0172 e. The molecule has 0 aromatic rings. The predicted octanol–water partition coefficient (Wildman–Crippen LogP) is 1.86. The highest BCUT2D eigenvalue weighted by Gasteiger charge is 2.19. The van der Waals surface area contributed by atoms with Crippen LogP contribution in [-0.2, 0) is 0 Å². The molecule has 54 valence electrons. The van der Waals surface area contributed by atoms with Crippen molar-refractivity contribution in [2.45, 2.75) is 30.6 Å². The quantitative estimate of drug-likeness (QED) is 0.529. The number of nitrogens with zero attached hydrogens (tertiary/aromatic N) is 1. The van der Waals surface area contributed by atoms with Crippen molar-refractivity contribution in [2.75, 3.05) is 13.6 Å². The molecule has 0 aromatic heterocycles. The van der Waals surface area contributed by atoms with Crippen LogP contribution in [0.1, 0.15) is 19.8 Å². The Morgan fingerprint density at radius 3 is 2.67 bits per heavy atom. The number of hydrogen-bond donors (Lipinski definition) is 0. The third kappa shape index (κ3) is 1.94. The van der Waals surface area contributed by atoms with E-state index in [0.29, 0.717) is 0 Å². The van der Waals surface area contributed by atoms with Crippen molar-refractivity contribution in [3.8, 4) is 0 Å². The minimum Gasteiger partial charge on any atom is -0.304 e. The lowest BCUT2D eigenvalue weighted by molar-refractivity contribution is 0.206. The zero-order chi connectivity index (χ0) is 6.85. The summed E-state index contributed by atoms with van der Waals surface area (Å²) >= 11 is 3.63. The summed E-state index contributed by atoms with van der Waals surface area (Å²) < 4.78 is 0. The SMILES string of the molecule is CC1CC(Br)CCN1C. The average molecular weight is 192 g/mol. The van der Waals surface area contributed by atoms with E-state index in [0.717, 1.165) is 10.9 Å². The molecule has 1 aliphatic heterocycles. The van der Waals surface area contributed by atoms with Crippen molar-refractivity contribution >= 4 is 15.9 Å². The van der Waals surface area contributed by atoms with Gasteiger partial charge < -0.3 is 4.90 Å². The number of alkyl halides is 1. The fourth-order valence-corrected chi connectivity index (χ4v) is 1.98. The summed E-state index contributed by atoms with van der Waals surface area (Å²) in [6, 6.07) is 0.767. The van der Waals surface area contributed by atoms with Gasteiger partial charge in [-0.05, 0) is 33.4 Å². The second-order valence-electron chi connectivity index (χ2n) is 2.95. The monoisotopic (exact) mass is 191 g/mol. The fraction of sp³-hybridized carbons (Fsp3) is 1.00. The molecule has 1 rings (SSSR count). The van der Waals surface area contributed by atoms with Gasteiger partial charge in [-0.3, -0.25) is 0 Å². The Morgan fingerprint density at radius 1 is 1.56 bits per heavy atom. The first-order valence-corrected chi connectivity index (χ1v) is 4.46. The van der Waals surface area contributed by atoms with Gasteiger partial charge in [0.15, 0.2) is 0 Å². The molecule has 1 aliphatic rings. The Morgan fingerprint density at radius 2 is 2.22 bits per heavy atom. The van der Waals surface area contributed by atoms with Gasteiger partial charge in [-0.25, -0.2) is 0 Å². The van der Waals surface area contributed by atoms with Crippen LogP contribution in [0.4, 0.5) is 0 Å². The van der Waals surface area contributed by atoms with Crippen molar-refractivity contribution in [3.05, 3.63) is 0 Å². The Kier molecular flexibility index (Phi) is 2.53. The van der Waals surface area contributed by atoms with Gasteiger partial charge in [-0.15, -0.1) is 0 Å². The summed E-state index contributed by atoms with van der Waals surface area (Å²) in [6.45, 7) is 3.53. The summed E-state index contributed by atoms with van der Waals surface area (Å²) in [5.74, 6) is 0. The summed E-state index contributed by atoms with van der Waals surface area (Å²) in [5.41, 5.74) is 0. The van der Waals surface area contributed by atoms with E-state index in [2.05, 4.69) is 34.8 Å². The molecule has 0 amide bonds. The minimum atomic E-state index is 0.767. The van der Waals surface area contributed by atoms with E-state index in [1.165, 1.54) is 19.4 Å². The van der Waals surface area contributed by atoms with Crippen LogP contribution in [0.5, 0.6) is 0 Å². The first-order valence-electron chi connectivity index (χ1n) is 3.54. The molecule has 0 bridgehead atoms. The predicted molar refractivity (Wildman–Crippen MR) is 44.0 cm³/mol. The van der Waals surface area contributed by atoms with E-state index in [1.807, 2.05) is 0 Å². The first-order chi connectivity index (χ1) is 4.20. The number of halogens is 1. The topological polar surface area (TPSA) is 3.24 Å². The van der Waals surface area contributed by atoms with Crippen LogP contribution in [0.3, 0.4) is 0 Å². The molecule has 0 N–H and O–H groups in total. The van der Waals surface area contributed by atoms with Gasteiger partial charge in [0.1, 0.15) is 0 Å². The third-order valence-corrected chi connectivity index (χ3v) is 2.98. The molecule has 0 aromatic carbocycles. The third-order valence-electron chi connectivity index (χ3n) is 2.14. The normalized spacial score (nSPS) is 39.0. The van der Waals surface area contributed by atoms with Gasteiger partial charge in [-0.2, -0.15) is 0 Å². The fourth-order valence-electron chi connectivity index (χ4n) is 1.23. The molecular weight excluding hydrogens is 178 g/mol. The standard InChI is InChI=1S/C7H14BrN/c1-6-5-7(8)3-4-9(6)2/h6-7H,3-5H2,1-2H3. The van der Waals surface area contributed by atoms with E-state index in [-0.39, 0.29) is 0 Å². The average Bonchev–Trinajstić information content (AvgIpc) is 1.80. The van der Waals surface area contributed by atoms with Crippen molar-refractivity contribution in [2.24, 2.45) is 0 Å². The number of piperidine rings is 1. The molecule has 1 saturated heterocycles. The lowest BCUT2D eigenvalue weighted by Crippen LogP contribution is -2.37. The Labute approximate surface area is 65.6 Å². The van der Waals surface area contributed by atoms with Crippen molar-refractivity contribution in [3.63, 3.8) is 0 Å². The molecule has 0 spiro atoms. The van der Waals surface area contributed by atoms with E-state index < -0.39 is 0 Å². The second kappa shape index (κ2) is 3.02. The molecule has 0 saturated carbocycles. The zero-order valence-electron chi connectivity index (χ0n) is 6.10. The minimum absolute atomic E-state index is 0.767. The van der Waals surface area contributed by atoms with Gasteiger partial charge in [0.2, 0.25) is 0 Å². The van der Waals surface area contributed by atoms with Crippen LogP contribution in [0, 0.1) is 0 Å². The van der Waals surface area contributed by atoms with Crippen LogP contribution >= 0.6 is 15.9 Å². The maximum atomic E-state index is 3.63. The Balaban J connectivity index is 2.35. The van der Waals surface area contributed by atoms with Crippen molar-refractivity contribution in [1.82, 2.24) is 4.90 Å². The van der Waals surface area contributed by atoms with Gasteiger partial charge >= 0.3 is 0 Å². The van der Waals surface area contributed by atoms with Gasteiger partial charge in [0.25, 0.3) is 0 Å². The molecular formula is C7H14BrN. The van der Waals surface area contributed by atoms with E-state index in [9.17, 15) is 0 Å². The Hall–Kier alpha value is 0.440. The molecule has 1 heterocycles. The highest BCUT2D eigenvalue weighted by Crippen LogP contribution is 2.20. The van der Waals surface area contributed by atoms with Crippen molar-refractivity contribution < 1.29 is 0 Å². The van der Waals surface area contributed by atoms with E-state index in [4.69, 9.17) is 0 Å². The number of likely N-dealkylation sites (tertiary alicyclic amines) is 1. The second-order valence-corrected chi connectivity index (χ2v) is 4.25. The van der Waals surface area contributed by atoms with Crippen molar-refractivity contribution in [1.29, 1.82) is 0 Å². The summed E-state index contributed by atoms with van der Waals surface area (Å²) in [4.78, 5) is 3.18. The van der Waals surface area contributed by atoms with E-state index >= 15 is 0 Å².